The summed E-state index contributed by atoms with van der Waals surface area (Å²) in [6, 6.07) is 0. The zero-order chi connectivity index (χ0) is 36.6. The lowest BCUT2D eigenvalue weighted by Crippen LogP contribution is -2.15. The third kappa shape index (κ3) is 49.4. The third-order valence-corrected chi connectivity index (χ3v) is 6.71. The molecule has 0 aliphatic heterocycles. The number of ether oxygens (including phenoxy) is 14. The van der Waals surface area contributed by atoms with E-state index in [2.05, 4.69) is 6.92 Å². The van der Waals surface area contributed by atoms with Gasteiger partial charge in [0.2, 0.25) is 0 Å². The second kappa shape index (κ2) is 49.4. The lowest BCUT2D eigenvalue weighted by atomic mass is 10.1. The molecule has 1 N–H and O–H groups in total. The maximum atomic E-state index is 8.59. The fraction of sp³-hybridized carbons (Fsp3) is 1.00. The number of hydrogen-bond acceptors (Lipinski definition) is 15. The van der Waals surface area contributed by atoms with Crippen LogP contribution in [0.4, 0.5) is 0 Å². The van der Waals surface area contributed by atoms with Gasteiger partial charge in [-0.1, -0.05) is 39.0 Å². The SMILES string of the molecule is CCCCCCCCOCCOCCOCCOCCOCCOCCOCCOCCOCCOCCOCCOCCOCCOCCO. The van der Waals surface area contributed by atoms with Gasteiger partial charge in [0.25, 0.3) is 0 Å². The van der Waals surface area contributed by atoms with Gasteiger partial charge >= 0.3 is 0 Å². The minimum Gasteiger partial charge on any atom is -0.394 e. The number of hydrogen-bond donors (Lipinski definition) is 1. The fourth-order valence-corrected chi connectivity index (χ4v) is 4.01. The van der Waals surface area contributed by atoms with E-state index in [1.165, 1.54) is 32.1 Å². The largest absolute Gasteiger partial charge is 0.394 e. The fourth-order valence-electron chi connectivity index (χ4n) is 4.01. The van der Waals surface area contributed by atoms with E-state index in [4.69, 9.17) is 71.4 Å². The van der Waals surface area contributed by atoms with Crippen molar-refractivity contribution in [1.82, 2.24) is 0 Å². The predicted molar refractivity (Wildman–Crippen MR) is 192 cm³/mol. The summed E-state index contributed by atoms with van der Waals surface area (Å²) in [5.41, 5.74) is 0. The van der Waals surface area contributed by atoms with Crippen molar-refractivity contribution in [1.29, 1.82) is 0 Å². The van der Waals surface area contributed by atoms with Crippen molar-refractivity contribution in [2.24, 2.45) is 0 Å². The van der Waals surface area contributed by atoms with E-state index < -0.39 is 0 Å². The summed E-state index contributed by atoms with van der Waals surface area (Å²) in [4.78, 5) is 0. The first-order valence-corrected chi connectivity index (χ1v) is 19.1. The quantitative estimate of drug-likeness (QED) is 0.0909. The Morgan fingerprint density at radius 1 is 0.216 bits per heavy atom. The Morgan fingerprint density at radius 3 is 0.608 bits per heavy atom. The van der Waals surface area contributed by atoms with Crippen LogP contribution in [0.1, 0.15) is 45.4 Å². The van der Waals surface area contributed by atoms with Crippen LogP contribution in [0.25, 0.3) is 0 Å². The molecule has 0 aliphatic rings. The number of rotatable bonds is 48. The van der Waals surface area contributed by atoms with Gasteiger partial charge in [-0.05, 0) is 6.42 Å². The van der Waals surface area contributed by atoms with Crippen molar-refractivity contribution >= 4 is 0 Å². The lowest BCUT2D eigenvalue weighted by molar-refractivity contribution is -0.0297. The summed E-state index contributed by atoms with van der Waals surface area (Å²) in [5.74, 6) is 0. The monoisotopic (exact) mass is 747 g/mol. The molecule has 15 nitrogen and oxygen atoms in total. The summed E-state index contributed by atoms with van der Waals surface area (Å²) >= 11 is 0. The van der Waals surface area contributed by atoms with Gasteiger partial charge in [0.05, 0.1) is 185 Å². The summed E-state index contributed by atoms with van der Waals surface area (Å²) < 4.78 is 76.3. The van der Waals surface area contributed by atoms with Crippen LogP contribution in [0.5, 0.6) is 0 Å². The normalized spacial score (nSPS) is 11.6. The smallest absolute Gasteiger partial charge is 0.0701 e. The van der Waals surface area contributed by atoms with E-state index in [1.807, 2.05) is 0 Å². The number of aliphatic hydroxyl groups excluding tert-OH is 1. The molecule has 0 fully saturated rings. The van der Waals surface area contributed by atoms with Crippen molar-refractivity contribution in [3.05, 3.63) is 0 Å². The minimum absolute atomic E-state index is 0.0246. The van der Waals surface area contributed by atoms with Crippen molar-refractivity contribution in [3.63, 3.8) is 0 Å². The van der Waals surface area contributed by atoms with Crippen LogP contribution in [0, 0.1) is 0 Å². The van der Waals surface area contributed by atoms with Crippen molar-refractivity contribution in [3.8, 4) is 0 Å². The second-order valence-electron chi connectivity index (χ2n) is 11.1. The van der Waals surface area contributed by atoms with Gasteiger partial charge in [0.15, 0.2) is 0 Å². The maximum Gasteiger partial charge on any atom is 0.0701 e. The van der Waals surface area contributed by atoms with Crippen LogP contribution in [-0.2, 0) is 66.3 Å². The summed E-state index contributed by atoms with van der Waals surface area (Å²) in [5, 5.41) is 8.59. The van der Waals surface area contributed by atoms with E-state index in [-0.39, 0.29) is 6.61 Å². The molecule has 0 aromatic carbocycles. The van der Waals surface area contributed by atoms with Crippen LogP contribution >= 0.6 is 0 Å². The molecule has 0 aromatic rings. The zero-order valence-corrected chi connectivity index (χ0v) is 31.9. The van der Waals surface area contributed by atoms with E-state index in [9.17, 15) is 0 Å². The highest BCUT2D eigenvalue weighted by molar-refractivity contribution is 4.44. The molecule has 0 aromatic heterocycles. The molecule has 15 heteroatoms. The van der Waals surface area contributed by atoms with Crippen LogP contribution in [-0.4, -0.2) is 197 Å². The highest BCUT2D eigenvalue weighted by atomic mass is 16.6. The zero-order valence-electron chi connectivity index (χ0n) is 31.9. The van der Waals surface area contributed by atoms with Gasteiger partial charge in [-0.15, -0.1) is 0 Å². The van der Waals surface area contributed by atoms with E-state index >= 15 is 0 Å². The van der Waals surface area contributed by atoms with Gasteiger partial charge in [-0.25, -0.2) is 0 Å². The molecule has 0 amide bonds. The Balaban J connectivity index is 3.04. The second-order valence-corrected chi connectivity index (χ2v) is 11.1. The minimum atomic E-state index is 0.0246. The van der Waals surface area contributed by atoms with Gasteiger partial charge in [-0.2, -0.15) is 0 Å². The van der Waals surface area contributed by atoms with Crippen molar-refractivity contribution in [2.45, 2.75) is 45.4 Å². The van der Waals surface area contributed by atoms with E-state index in [1.54, 1.807) is 0 Å². The maximum absolute atomic E-state index is 8.59. The molecule has 0 radical (unpaired) electrons. The number of unbranched alkanes of at least 4 members (excludes halogenated alkanes) is 5. The highest BCUT2D eigenvalue weighted by Gasteiger charge is 1.97. The molecular weight excluding hydrogens is 672 g/mol. The Hall–Kier alpha value is -0.600. The molecule has 0 unspecified atom stereocenters. The van der Waals surface area contributed by atoms with Gasteiger partial charge in [-0.3, -0.25) is 0 Å². The average Bonchev–Trinajstić information content (AvgIpc) is 3.14. The summed E-state index contributed by atoms with van der Waals surface area (Å²) in [6.45, 7) is 17.0. The first-order valence-electron chi connectivity index (χ1n) is 19.1. The predicted octanol–water partition coefficient (Wildman–Crippen LogP) is 2.57. The van der Waals surface area contributed by atoms with Crippen molar-refractivity contribution < 1.29 is 71.4 Å². The summed E-state index contributed by atoms with van der Waals surface area (Å²) in [7, 11) is 0. The van der Waals surface area contributed by atoms with Crippen molar-refractivity contribution in [2.75, 3.05) is 192 Å². The Labute approximate surface area is 308 Å². The van der Waals surface area contributed by atoms with Gasteiger partial charge < -0.3 is 71.4 Å². The van der Waals surface area contributed by atoms with Crippen LogP contribution in [0.15, 0.2) is 0 Å². The molecule has 0 saturated carbocycles. The third-order valence-electron chi connectivity index (χ3n) is 6.71. The Bertz CT molecular complexity index is 547. The first kappa shape index (κ1) is 50.4. The average molecular weight is 747 g/mol. The molecule has 0 rings (SSSR count). The van der Waals surface area contributed by atoms with E-state index in [0.717, 1.165) is 13.0 Å². The molecule has 0 heterocycles. The Morgan fingerprint density at radius 2 is 0.392 bits per heavy atom. The molecular formula is C36H74O15. The van der Waals surface area contributed by atoms with Crippen LogP contribution in [0.2, 0.25) is 0 Å². The van der Waals surface area contributed by atoms with Crippen LogP contribution in [0.3, 0.4) is 0 Å². The van der Waals surface area contributed by atoms with E-state index in [0.29, 0.717) is 178 Å². The molecule has 308 valence electrons. The standard InChI is InChI=1S/C36H74O15/c1-2-3-4-5-6-7-9-38-11-13-40-15-17-42-19-21-44-23-25-46-27-29-48-31-33-50-35-36-51-34-32-49-30-28-47-26-24-45-22-20-43-18-16-41-14-12-39-10-8-37/h37H,2-36H2,1H3. The highest BCUT2D eigenvalue weighted by Crippen LogP contribution is 2.04. The lowest BCUT2D eigenvalue weighted by Gasteiger charge is -2.09. The molecule has 0 atom stereocenters. The summed E-state index contributed by atoms with van der Waals surface area (Å²) in [6.07, 6.45) is 7.67. The molecule has 0 aliphatic carbocycles. The first-order chi connectivity index (χ1) is 25.4. The van der Waals surface area contributed by atoms with Gasteiger partial charge in [0.1, 0.15) is 0 Å². The molecule has 0 bridgehead atoms. The number of aliphatic hydroxyl groups is 1. The van der Waals surface area contributed by atoms with Gasteiger partial charge in [0, 0.05) is 6.61 Å². The molecule has 0 saturated heterocycles. The topological polar surface area (TPSA) is 149 Å². The molecule has 51 heavy (non-hydrogen) atoms. The molecule has 0 spiro atoms. The Kier molecular flexibility index (Phi) is 48.8. The van der Waals surface area contributed by atoms with Crippen LogP contribution < -0.4 is 0 Å².